The van der Waals surface area contributed by atoms with Crippen LogP contribution in [0.25, 0.3) is 10.2 Å². The zero-order valence-electron chi connectivity index (χ0n) is 12.6. The Hall–Kier alpha value is -1.83. The highest BCUT2D eigenvalue weighted by atomic mass is 35.5. The summed E-state index contributed by atoms with van der Waals surface area (Å²) in [6.07, 6.45) is 0.559. The van der Waals surface area contributed by atoms with Gasteiger partial charge in [0.25, 0.3) is 0 Å². The van der Waals surface area contributed by atoms with Crippen LogP contribution in [0.2, 0.25) is 10.0 Å². The van der Waals surface area contributed by atoms with Crippen molar-refractivity contribution in [3.05, 3.63) is 39.7 Å². The predicted molar refractivity (Wildman–Crippen MR) is 94.3 cm³/mol. The van der Waals surface area contributed by atoms with Crippen molar-refractivity contribution in [1.82, 2.24) is 10.1 Å². The fourth-order valence-electron chi connectivity index (χ4n) is 2.02. The molecule has 126 valence electrons. The fourth-order valence-corrected chi connectivity index (χ4v) is 3.32. The van der Waals surface area contributed by atoms with Crippen molar-refractivity contribution >= 4 is 55.9 Å². The highest BCUT2D eigenvalue weighted by Crippen LogP contribution is 2.32. The Balaban J connectivity index is 1.59. The van der Waals surface area contributed by atoms with Gasteiger partial charge in [0.1, 0.15) is 5.76 Å². The van der Waals surface area contributed by atoms with Gasteiger partial charge in [-0.05, 0) is 19.1 Å². The number of anilines is 1. The summed E-state index contributed by atoms with van der Waals surface area (Å²) in [5.41, 5.74) is 0.970. The molecule has 0 bridgehead atoms. The van der Waals surface area contributed by atoms with Crippen LogP contribution in [0.4, 0.5) is 5.13 Å². The number of carbonyl (C=O) groups excluding carboxylic acids is 1. The number of esters is 1. The summed E-state index contributed by atoms with van der Waals surface area (Å²) in [6.45, 7) is 2.62. The van der Waals surface area contributed by atoms with E-state index in [2.05, 4.69) is 15.5 Å². The van der Waals surface area contributed by atoms with E-state index in [1.807, 2.05) is 0 Å². The number of aromatic nitrogens is 2. The van der Waals surface area contributed by atoms with Crippen LogP contribution in [0, 0.1) is 0 Å². The van der Waals surface area contributed by atoms with E-state index in [-0.39, 0.29) is 5.69 Å². The molecular weight excluding hydrogens is 373 g/mol. The standard InChI is InChI=1S/C15H13Cl2N3O3S/c1-2-22-14(21)12-5-8(23-20-12)3-4-18-15-19-11-6-9(16)10(17)7-13(11)24-15/h5-7H,2-4H2,1H3,(H,18,19). The molecule has 0 unspecified atom stereocenters. The number of rotatable bonds is 6. The first-order valence-electron chi connectivity index (χ1n) is 7.19. The van der Waals surface area contributed by atoms with Crippen molar-refractivity contribution in [3.8, 4) is 0 Å². The number of thiazole rings is 1. The van der Waals surface area contributed by atoms with Crippen LogP contribution in [0.3, 0.4) is 0 Å². The molecule has 2 aromatic heterocycles. The number of halogens is 2. The molecule has 1 aromatic carbocycles. The van der Waals surface area contributed by atoms with Crippen LogP contribution >= 0.6 is 34.5 Å². The molecule has 0 fully saturated rings. The summed E-state index contributed by atoms with van der Waals surface area (Å²) >= 11 is 13.5. The van der Waals surface area contributed by atoms with Gasteiger partial charge in [-0.3, -0.25) is 0 Å². The normalized spacial score (nSPS) is 11.0. The molecule has 0 aliphatic carbocycles. The minimum Gasteiger partial charge on any atom is -0.461 e. The molecule has 1 N–H and O–H groups in total. The van der Waals surface area contributed by atoms with E-state index in [0.29, 0.717) is 35.4 Å². The molecule has 0 amide bonds. The van der Waals surface area contributed by atoms with Gasteiger partial charge < -0.3 is 14.6 Å². The van der Waals surface area contributed by atoms with Gasteiger partial charge in [0.2, 0.25) is 0 Å². The molecule has 3 aromatic rings. The first-order chi connectivity index (χ1) is 11.6. The van der Waals surface area contributed by atoms with Gasteiger partial charge in [-0.15, -0.1) is 0 Å². The number of nitrogens with one attached hydrogen (secondary N) is 1. The van der Waals surface area contributed by atoms with Crippen LogP contribution in [0.1, 0.15) is 23.2 Å². The van der Waals surface area contributed by atoms with Crippen LogP contribution in [0.15, 0.2) is 22.7 Å². The van der Waals surface area contributed by atoms with Crippen molar-refractivity contribution in [2.24, 2.45) is 0 Å². The third-order valence-electron chi connectivity index (χ3n) is 3.12. The summed E-state index contributed by atoms with van der Waals surface area (Å²) in [4.78, 5) is 16.0. The van der Waals surface area contributed by atoms with Crippen LogP contribution < -0.4 is 5.32 Å². The van der Waals surface area contributed by atoms with Crippen LogP contribution in [0.5, 0.6) is 0 Å². The third kappa shape index (κ3) is 3.80. The first-order valence-corrected chi connectivity index (χ1v) is 8.76. The molecule has 0 saturated carbocycles. The number of hydrogen-bond donors (Lipinski definition) is 1. The van der Waals surface area contributed by atoms with E-state index < -0.39 is 5.97 Å². The van der Waals surface area contributed by atoms with E-state index in [4.69, 9.17) is 32.5 Å². The molecule has 0 spiro atoms. The molecule has 9 heteroatoms. The quantitative estimate of drug-likeness (QED) is 0.632. The number of benzene rings is 1. The van der Waals surface area contributed by atoms with Gasteiger partial charge in [0.05, 0.1) is 26.9 Å². The minimum absolute atomic E-state index is 0.177. The van der Waals surface area contributed by atoms with Crippen LogP contribution in [-0.2, 0) is 11.2 Å². The molecule has 24 heavy (non-hydrogen) atoms. The highest BCUT2D eigenvalue weighted by Gasteiger charge is 2.13. The lowest BCUT2D eigenvalue weighted by atomic mass is 10.3. The van der Waals surface area contributed by atoms with E-state index in [1.165, 1.54) is 11.3 Å². The summed E-state index contributed by atoms with van der Waals surface area (Å²) in [7, 11) is 0. The second-order valence-corrected chi connectivity index (χ2v) is 6.67. The molecule has 3 rings (SSSR count). The van der Waals surface area contributed by atoms with E-state index >= 15 is 0 Å². The molecule has 0 radical (unpaired) electrons. The number of carbonyl (C=O) groups is 1. The molecule has 2 heterocycles. The smallest absolute Gasteiger partial charge is 0.360 e. The number of hydrogen-bond acceptors (Lipinski definition) is 7. The van der Waals surface area contributed by atoms with Crippen molar-refractivity contribution in [3.63, 3.8) is 0 Å². The Bertz CT molecular complexity index is 839. The van der Waals surface area contributed by atoms with Gasteiger partial charge in [-0.25, -0.2) is 9.78 Å². The van der Waals surface area contributed by atoms with Crippen molar-refractivity contribution < 1.29 is 14.1 Å². The topological polar surface area (TPSA) is 77.2 Å². The zero-order valence-corrected chi connectivity index (χ0v) is 15.0. The lowest BCUT2D eigenvalue weighted by Gasteiger charge is -1.98. The lowest BCUT2D eigenvalue weighted by molar-refractivity contribution is 0.0514. The maximum atomic E-state index is 11.5. The van der Waals surface area contributed by atoms with Gasteiger partial charge in [-0.2, -0.15) is 0 Å². The monoisotopic (exact) mass is 385 g/mol. The first kappa shape index (κ1) is 17.0. The molecular formula is C15H13Cl2N3O3S. The van der Waals surface area contributed by atoms with Crippen molar-refractivity contribution in [2.45, 2.75) is 13.3 Å². The predicted octanol–water partition coefficient (Wildman–Crippen LogP) is 4.42. The second kappa shape index (κ2) is 7.38. The average Bonchev–Trinajstić information content (AvgIpc) is 3.15. The molecule has 0 aliphatic heterocycles. The fraction of sp³-hybridized carbons (Fsp3) is 0.267. The van der Waals surface area contributed by atoms with Gasteiger partial charge in [0, 0.05) is 19.0 Å². The molecule has 0 atom stereocenters. The Morgan fingerprint density at radius 2 is 2.12 bits per heavy atom. The number of nitrogens with zero attached hydrogens (tertiary/aromatic N) is 2. The van der Waals surface area contributed by atoms with Gasteiger partial charge in [-0.1, -0.05) is 39.7 Å². The van der Waals surface area contributed by atoms with E-state index in [1.54, 1.807) is 25.1 Å². The maximum absolute atomic E-state index is 11.5. The molecule has 0 aliphatic rings. The van der Waals surface area contributed by atoms with E-state index in [0.717, 1.165) is 15.3 Å². The molecule has 6 nitrogen and oxygen atoms in total. The molecule has 0 saturated heterocycles. The highest BCUT2D eigenvalue weighted by molar-refractivity contribution is 7.22. The van der Waals surface area contributed by atoms with Crippen LogP contribution in [-0.4, -0.2) is 29.3 Å². The van der Waals surface area contributed by atoms with Gasteiger partial charge >= 0.3 is 5.97 Å². The maximum Gasteiger partial charge on any atom is 0.360 e. The van der Waals surface area contributed by atoms with Crippen molar-refractivity contribution in [2.75, 3.05) is 18.5 Å². The average molecular weight is 386 g/mol. The Labute approximate surface area is 151 Å². The summed E-state index contributed by atoms with van der Waals surface area (Å²) in [6, 6.07) is 5.12. The Morgan fingerprint density at radius 1 is 1.33 bits per heavy atom. The zero-order chi connectivity index (χ0) is 17.1. The lowest BCUT2D eigenvalue weighted by Crippen LogP contribution is -2.05. The minimum atomic E-state index is -0.486. The van der Waals surface area contributed by atoms with E-state index in [9.17, 15) is 4.79 Å². The summed E-state index contributed by atoms with van der Waals surface area (Å²) in [5, 5.41) is 8.64. The summed E-state index contributed by atoms with van der Waals surface area (Å²) < 4.78 is 10.9. The number of fused-ring (bicyclic) bond motifs is 1. The third-order valence-corrected chi connectivity index (χ3v) is 4.82. The SMILES string of the molecule is CCOC(=O)c1cc(CCNc2nc3cc(Cl)c(Cl)cc3s2)on1. The number of ether oxygens (including phenoxy) is 1. The summed E-state index contributed by atoms with van der Waals surface area (Å²) in [5.74, 6) is 0.109. The largest absolute Gasteiger partial charge is 0.461 e. The Morgan fingerprint density at radius 3 is 2.92 bits per heavy atom. The van der Waals surface area contributed by atoms with Crippen molar-refractivity contribution in [1.29, 1.82) is 0 Å². The second-order valence-electron chi connectivity index (χ2n) is 4.83. The Kier molecular flexibility index (Phi) is 5.23. The van der Waals surface area contributed by atoms with Gasteiger partial charge in [0.15, 0.2) is 10.8 Å².